The summed E-state index contributed by atoms with van der Waals surface area (Å²) in [5, 5.41) is 12.3. The lowest BCUT2D eigenvalue weighted by Gasteiger charge is -2.31. The van der Waals surface area contributed by atoms with Crippen LogP contribution in [0.15, 0.2) is 21.1 Å². The van der Waals surface area contributed by atoms with Gasteiger partial charge in [-0.2, -0.15) is 5.26 Å². The lowest BCUT2D eigenvalue weighted by molar-refractivity contribution is -0.123. The Morgan fingerprint density at radius 3 is 2.86 bits per heavy atom. The first-order chi connectivity index (χ1) is 10.5. The molecule has 0 aliphatic carbocycles. The summed E-state index contributed by atoms with van der Waals surface area (Å²) in [5.41, 5.74) is 1.19. The molecule has 1 atom stereocenters. The molecule has 1 N–H and O–H groups in total. The Kier molecular flexibility index (Phi) is 6.01. The summed E-state index contributed by atoms with van der Waals surface area (Å²) in [6.07, 6.45) is 2.51. The van der Waals surface area contributed by atoms with Crippen LogP contribution in [0.1, 0.15) is 30.9 Å². The van der Waals surface area contributed by atoms with E-state index >= 15 is 0 Å². The Balaban J connectivity index is 2.14. The number of benzene rings is 1. The van der Waals surface area contributed by atoms with Crippen LogP contribution < -0.4 is 5.32 Å². The van der Waals surface area contributed by atoms with E-state index in [9.17, 15) is 10.1 Å². The first kappa shape index (κ1) is 17.5. The Hall–Kier alpha value is -0.900. The van der Waals surface area contributed by atoms with Gasteiger partial charge in [0.25, 0.3) is 0 Å². The summed E-state index contributed by atoms with van der Waals surface area (Å²) in [6.45, 7) is 2.97. The van der Waals surface area contributed by atoms with Crippen LogP contribution in [0.3, 0.4) is 0 Å². The average Bonchev–Trinajstić information content (AvgIpc) is 2.50. The number of hydrogen-bond donors (Lipinski definition) is 1. The maximum absolute atomic E-state index is 12.4. The van der Waals surface area contributed by atoms with Crippen LogP contribution in [-0.2, 0) is 22.4 Å². The standard InChI is InChI=1S/C16H18Br2N2O2/c1-2-11-6-12(17)7-14(18)13(11)8-15(21)20-16(9-19)4-3-5-22-10-16/h6-7H,2-5,8,10H2,1H3,(H,20,21). The second-order valence-corrected chi connectivity index (χ2v) is 7.22. The normalized spacial score (nSPS) is 21.2. The van der Waals surface area contributed by atoms with Gasteiger partial charge in [0.05, 0.1) is 19.1 Å². The van der Waals surface area contributed by atoms with Crippen LogP contribution in [0, 0.1) is 11.3 Å². The highest BCUT2D eigenvalue weighted by Crippen LogP contribution is 2.27. The molecule has 1 aliphatic heterocycles. The molecular formula is C16H18Br2N2O2. The molecule has 1 saturated heterocycles. The molecule has 0 aromatic heterocycles. The zero-order valence-electron chi connectivity index (χ0n) is 12.4. The summed E-state index contributed by atoms with van der Waals surface area (Å²) in [4.78, 5) is 12.4. The van der Waals surface area contributed by atoms with Gasteiger partial charge in [0.15, 0.2) is 5.54 Å². The number of nitrogens with zero attached hydrogens (tertiary/aromatic N) is 1. The van der Waals surface area contributed by atoms with E-state index in [0.29, 0.717) is 13.0 Å². The molecule has 118 valence electrons. The first-order valence-electron chi connectivity index (χ1n) is 7.26. The smallest absolute Gasteiger partial charge is 0.225 e. The summed E-state index contributed by atoms with van der Waals surface area (Å²) >= 11 is 6.99. The molecule has 6 heteroatoms. The van der Waals surface area contributed by atoms with E-state index in [4.69, 9.17) is 4.74 Å². The van der Waals surface area contributed by atoms with Gasteiger partial charge in [-0.3, -0.25) is 4.79 Å². The minimum atomic E-state index is -0.885. The number of nitriles is 1. The second kappa shape index (κ2) is 7.58. The van der Waals surface area contributed by atoms with Gasteiger partial charge in [-0.25, -0.2) is 0 Å². The van der Waals surface area contributed by atoms with Gasteiger partial charge in [0.2, 0.25) is 5.91 Å². The van der Waals surface area contributed by atoms with Crippen molar-refractivity contribution in [3.05, 3.63) is 32.2 Å². The number of ether oxygens (including phenoxy) is 1. The van der Waals surface area contributed by atoms with Crippen LogP contribution in [0.5, 0.6) is 0 Å². The molecular weight excluding hydrogens is 412 g/mol. The quantitative estimate of drug-likeness (QED) is 0.796. The predicted octanol–water partition coefficient (Wildman–Crippen LogP) is 3.51. The highest BCUT2D eigenvalue weighted by Gasteiger charge is 2.34. The minimum absolute atomic E-state index is 0.148. The third-order valence-electron chi connectivity index (χ3n) is 3.80. The van der Waals surface area contributed by atoms with Gasteiger partial charge in [-0.05, 0) is 42.5 Å². The van der Waals surface area contributed by atoms with E-state index < -0.39 is 5.54 Å². The van der Waals surface area contributed by atoms with Crippen LogP contribution in [0.2, 0.25) is 0 Å². The number of hydrogen-bond acceptors (Lipinski definition) is 3. The maximum atomic E-state index is 12.4. The molecule has 0 saturated carbocycles. The lowest BCUT2D eigenvalue weighted by Crippen LogP contribution is -2.53. The van der Waals surface area contributed by atoms with E-state index in [0.717, 1.165) is 32.9 Å². The Morgan fingerprint density at radius 1 is 1.50 bits per heavy atom. The van der Waals surface area contributed by atoms with E-state index in [1.165, 1.54) is 0 Å². The predicted molar refractivity (Wildman–Crippen MR) is 91.5 cm³/mol. The molecule has 1 aliphatic rings. The van der Waals surface area contributed by atoms with Gasteiger partial charge in [0.1, 0.15) is 0 Å². The number of aryl methyl sites for hydroxylation is 1. The Morgan fingerprint density at radius 2 is 2.27 bits per heavy atom. The van der Waals surface area contributed by atoms with Crippen LogP contribution in [0.25, 0.3) is 0 Å². The van der Waals surface area contributed by atoms with E-state index in [-0.39, 0.29) is 18.9 Å². The molecule has 1 fully saturated rings. The number of halogens is 2. The summed E-state index contributed by atoms with van der Waals surface area (Å²) in [6, 6.07) is 6.17. The van der Waals surface area contributed by atoms with Crippen molar-refractivity contribution in [3.8, 4) is 6.07 Å². The highest BCUT2D eigenvalue weighted by atomic mass is 79.9. The SMILES string of the molecule is CCc1cc(Br)cc(Br)c1CC(=O)NC1(C#N)CCCOC1. The fourth-order valence-electron chi connectivity index (χ4n) is 2.65. The number of carbonyl (C=O) groups is 1. The summed E-state index contributed by atoms with van der Waals surface area (Å²) in [7, 11) is 0. The zero-order valence-corrected chi connectivity index (χ0v) is 15.6. The zero-order chi connectivity index (χ0) is 16.2. The highest BCUT2D eigenvalue weighted by molar-refractivity contribution is 9.11. The molecule has 0 radical (unpaired) electrons. The van der Waals surface area contributed by atoms with Crippen molar-refractivity contribution in [1.82, 2.24) is 5.32 Å². The van der Waals surface area contributed by atoms with Gasteiger partial charge >= 0.3 is 0 Å². The second-order valence-electron chi connectivity index (χ2n) is 5.45. The van der Waals surface area contributed by atoms with Gasteiger partial charge < -0.3 is 10.1 Å². The molecule has 1 heterocycles. The molecule has 0 bridgehead atoms. The van der Waals surface area contributed by atoms with Crippen LogP contribution >= 0.6 is 31.9 Å². The van der Waals surface area contributed by atoms with Crippen molar-refractivity contribution in [3.63, 3.8) is 0 Å². The van der Waals surface area contributed by atoms with Crippen molar-refractivity contribution < 1.29 is 9.53 Å². The number of rotatable bonds is 4. The summed E-state index contributed by atoms with van der Waals surface area (Å²) in [5.74, 6) is -0.148. The molecule has 1 unspecified atom stereocenters. The van der Waals surface area contributed by atoms with Crippen molar-refractivity contribution in [2.75, 3.05) is 13.2 Å². The number of carbonyl (C=O) groups excluding carboxylic acids is 1. The minimum Gasteiger partial charge on any atom is -0.378 e. The molecule has 2 rings (SSSR count). The topological polar surface area (TPSA) is 62.1 Å². The van der Waals surface area contributed by atoms with Crippen LogP contribution in [-0.4, -0.2) is 24.7 Å². The van der Waals surface area contributed by atoms with Gasteiger partial charge in [-0.1, -0.05) is 38.8 Å². The van der Waals surface area contributed by atoms with Crippen LogP contribution in [0.4, 0.5) is 0 Å². The molecule has 1 aromatic carbocycles. The Bertz CT molecular complexity index is 605. The van der Waals surface area contributed by atoms with E-state index in [1.54, 1.807) is 0 Å². The monoisotopic (exact) mass is 428 g/mol. The Labute approximate surface area is 147 Å². The number of nitrogens with one attached hydrogen (secondary N) is 1. The maximum Gasteiger partial charge on any atom is 0.225 e. The third-order valence-corrected chi connectivity index (χ3v) is 4.97. The fraction of sp³-hybridized carbons (Fsp3) is 0.500. The van der Waals surface area contributed by atoms with Crippen molar-refractivity contribution in [2.24, 2.45) is 0 Å². The average molecular weight is 430 g/mol. The molecule has 4 nitrogen and oxygen atoms in total. The van der Waals surface area contributed by atoms with E-state index in [2.05, 4.69) is 50.2 Å². The largest absolute Gasteiger partial charge is 0.378 e. The molecule has 1 amide bonds. The van der Waals surface area contributed by atoms with Crippen molar-refractivity contribution >= 4 is 37.8 Å². The van der Waals surface area contributed by atoms with Crippen molar-refractivity contribution in [2.45, 2.75) is 38.1 Å². The third kappa shape index (κ3) is 4.09. The van der Waals surface area contributed by atoms with E-state index in [1.807, 2.05) is 12.1 Å². The first-order valence-corrected chi connectivity index (χ1v) is 8.85. The molecule has 22 heavy (non-hydrogen) atoms. The summed E-state index contributed by atoms with van der Waals surface area (Å²) < 4.78 is 7.24. The lowest BCUT2D eigenvalue weighted by atomic mass is 9.93. The van der Waals surface area contributed by atoms with Gasteiger partial charge in [-0.15, -0.1) is 0 Å². The molecule has 0 spiro atoms. The van der Waals surface area contributed by atoms with Crippen molar-refractivity contribution in [1.29, 1.82) is 5.26 Å². The number of amides is 1. The molecule has 1 aromatic rings. The fourth-order valence-corrected chi connectivity index (χ4v) is 4.11. The van der Waals surface area contributed by atoms with Gasteiger partial charge in [0, 0.05) is 15.6 Å².